The molecule has 0 spiro atoms. The average molecular weight is 268 g/mol. The maximum Gasteiger partial charge on any atom is 0.326 e. The van der Waals surface area contributed by atoms with Crippen LogP contribution in [0.2, 0.25) is 0 Å². The Kier molecular flexibility index (Phi) is 5.50. The third-order valence-corrected chi connectivity index (χ3v) is 2.59. The van der Waals surface area contributed by atoms with E-state index in [1.54, 1.807) is 17.1 Å². The number of imidazole rings is 1. The van der Waals surface area contributed by atoms with Crippen molar-refractivity contribution < 1.29 is 14.7 Å². The first-order valence-corrected chi connectivity index (χ1v) is 6.02. The lowest BCUT2D eigenvalue weighted by atomic mass is 10.1. The number of rotatable bonds is 7. The Bertz CT molecular complexity index is 442. The van der Waals surface area contributed by atoms with Gasteiger partial charge < -0.3 is 19.9 Å². The van der Waals surface area contributed by atoms with Crippen molar-refractivity contribution in [2.24, 2.45) is 7.05 Å². The molecule has 1 rings (SSSR count). The molecule has 0 aliphatic heterocycles. The van der Waals surface area contributed by atoms with Crippen LogP contribution in [-0.4, -0.2) is 58.1 Å². The molecule has 106 valence electrons. The molecule has 1 aromatic rings. The second kappa shape index (κ2) is 6.89. The highest BCUT2D eigenvalue weighted by molar-refractivity contribution is 5.83. The summed E-state index contributed by atoms with van der Waals surface area (Å²) >= 11 is 0. The average Bonchev–Trinajstić information content (AvgIpc) is 2.71. The molecule has 7 nitrogen and oxygen atoms in total. The Morgan fingerprint density at radius 3 is 2.68 bits per heavy atom. The summed E-state index contributed by atoms with van der Waals surface area (Å²) in [6.07, 6.45) is 3.80. The number of carbonyl (C=O) groups excluding carboxylic acids is 1. The molecule has 0 fully saturated rings. The summed E-state index contributed by atoms with van der Waals surface area (Å²) in [7, 11) is 5.52. The number of carboxylic acid groups (broad SMARTS) is 1. The first kappa shape index (κ1) is 15.2. The van der Waals surface area contributed by atoms with E-state index < -0.39 is 12.0 Å². The summed E-state index contributed by atoms with van der Waals surface area (Å²) < 4.78 is 1.74. The summed E-state index contributed by atoms with van der Waals surface area (Å²) in [5.74, 6) is -1.32. The van der Waals surface area contributed by atoms with E-state index in [0.29, 0.717) is 12.2 Å². The van der Waals surface area contributed by atoms with Gasteiger partial charge in [-0.15, -0.1) is 0 Å². The monoisotopic (exact) mass is 268 g/mol. The minimum Gasteiger partial charge on any atom is -0.480 e. The Hall–Kier alpha value is -1.89. The molecule has 19 heavy (non-hydrogen) atoms. The van der Waals surface area contributed by atoms with Crippen LogP contribution in [0.3, 0.4) is 0 Å². The van der Waals surface area contributed by atoms with Crippen molar-refractivity contribution >= 4 is 11.9 Å². The summed E-state index contributed by atoms with van der Waals surface area (Å²) in [5.41, 5.74) is 0.641. The Labute approximate surface area is 112 Å². The number of nitrogens with zero attached hydrogens (tertiary/aromatic N) is 3. The maximum atomic E-state index is 11.6. The van der Waals surface area contributed by atoms with Crippen LogP contribution >= 0.6 is 0 Å². The lowest BCUT2D eigenvalue weighted by molar-refractivity contribution is -0.141. The van der Waals surface area contributed by atoms with Crippen LogP contribution in [0.5, 0.6) is 0 Å². The van der Waals surface area contributed by atoms with Crippen LogP contribution in [0.4, 0.5) is 0 Å². The fourth-order valence-electron chi connectivity index (χ4n) is 1.57. The van der Waals surface area contributed by atoms with E-state index in [1.807, 2.05) is 26.0 Å². The van der Waals surface area contributed by atoms with E-state index in [2.05, 4.69) is 10.3 Å². The minimum atomic E-state index is -1.05. The molecular weight excluding hydrogens is 248 g/mol. The SMILES string of the molecule is CN(C)CCC(=O)N[C@H](Cc1cn(C)cn1)C(=O)O. The summed E-state index contributed by atoms with van der Waals surface area (Å²) in [6.45, 7) is 0.585. The van der Waals surface area contributed by atoms with Crippen molar-refractivity contribution in [3.05, 3.63) is 18.2 Å². The second-order valence-corrected chi connectivity index (χ2v) is 4.75. The lowest BCUT2D eigenvalue weighted by Crippen LogP contribution is -2.43. The van der Waals surface area contributed by atoms with Gasteiger partial charge in [0, 0.05) is 32.6 Å². The molecule has 2 N–H and O–H groups in total. The number of hydrogen-bond acceptors (Lipinski definition) is 4. The van der Waals surface area contributed by atoms with Crippen LogP contribution < -0.4 is 5.32 Å². The normalized spacial score (nSPS) is 12.4. The Morgan fingerprint density at radius 2 is 2.21 bits per heavy atom. The highest BCUT2D eigenvalue weighted by Gasteiger charge is 2.21. The van der Waals surface area contributed by atoms with Gasteiger partial charge in [-0.3, -0.25) is 4.79 Å². The molecule has 7 heteroatoms. The molecule has 0 aliphatic carbocycles. The number of carbonyl (C=O) groups is 2. The summed E-state index contributed by atoms with van der Waals surface area (Å²) in [5, 5.41) is 11.6. The number of aromatic nitrogens is 2. The van der Waals surface area contributed by atoms with Crippen molar-refractivity contribution in [3.8, 4) is 0 Å². The highest BCUT2D eigenvalue weighted by Crippen LogP contribution is 2.01. The standard InChI is InChI=1S/C12H20N4O3/c1-15(2)5-4-11(17)14-10(12(18)19)6-9-7-16(3)8-13-9/h7-8,10H,4-6H2,1-3H3,(H,14,17)(H,18,19)/t10-/m1/s1. The van der Waals surface area contributed by atoms with Gasteiger partial charge >= 0.3 is 5.97 Å². The summed E-state index contributed by atoms with van der Waals surface area (Å²) in [6, 6.07) is -0.940. The molecule has 0 bridgehead atoms. The number of hydrogen-bond donors (Lipinski definition) is 2. The lowest BCUT2D eigenvalue weighted by Gasteiger charge is -2.14. The molecule has 0 aliphatic rings. The van der Waals surface area contributed by atoms with Gasteiger partial charge in [0.15, 0.2) is 0 Å². The minimum absolute atomic E-state index is 0.184. The largest absolute Gasteiger partial charge is 0.480 e. The molecular formula is C12H20N4O3. The van der Waals surface area contributed by atoms with Gasteiger partial charge in [0.05, 0.1) is 12.0 Å². The van der Waals surface area contributed by atoms with Gasteiger partial charge in [-0.1, -0.05) is 0 Å². The van der Waals surface area contributed by atoms with Gasteiger partial charge in [-0.2, -0.15) is 0 Å². The third-order valence-electron chi connectivity index (χ3n) is 2.59. The van der Waals surface area contributed by atoms with E-state index in [1.165, 1.54) is 0 Å². The predicted octanol–water partition coefficient (Wildman–Crippen LogP) is -0.516. The number of amides is 1. The molecule has 0 saturated carbocycles. The zero-order valence-corrected chi connectivity index (χ0v) is 11.5. The molecule has 0 radical (unpaired) electrons. The summed E-state index contributed by atoms with van der Waals surface area (Å²) in [4.78, 5) is 28.7. The first-order chi connectivity index (χ1) is 8.88. The van der Waals surface area contributed by atoms with E-state index in [9.17, 15) is 9.59 Å². The highest BCUT2D eigenvalue weighted by atomic mass is 16.4. The van der Waals surface area contributed by atoms with E-state index >= 15 is 0 Å². The number of aryl methyl sites for hydroxylation is 1. The van der Waals surface area contributed by atoms with Gasteiger partial charge in [0.25, 0.3) is 0 Å². The van der Waals surface area contributed by atoms with Crippen LogP contribution in [0.25, 0.3) is 0 Å². The van der Waals surface area contributed by atoms with Crippen molar-refractivity contribution in [2.45, 2.75) is 18.9 Å². The quantitative estimate of drug-likeness (QED) is 0.695. The molecule has 0 aromatic carbocycles. The zero-order chi connectivity index (χ0) is 14.4. The fraction of sp³-hybridized carbons (Fsp3) is 0.583. The first-order valence-electron chi connectivity index (χ1n) is 6.02. The third kappa shape index (κ3) is 5.52. The van der Waals surface area contributed by atoms with Gasteiger partial charge in [-0.25, -0.2) is 9.78 Å². The number of nitrogens with one attached hydrogen (secondary N) is 1. The van der Waals surface area contributed by atoms with Crippen molar-refractivity contribution in [1.82, 2.24) is 19.8 Å². The Morgan fingerprint density at radius 1 is 1.53 bits per heavy atom. The molecule has 0 unspecified atom stereocenters. The zero-order valence-electron chi connectivity index (χ0n) is 11.5. The van der Waals surface area contributed by atoms with Crippen LogP contribution in [0, 0.1) is 0 Å². The molecule has 0 saturated heterocycles. The molecule has 1 atom stereocenters. The van der Waals surface area contributed by atoms with E-state index in [4.69, 9.17) is 5.11 Å². The number of carboxylic acids is 1. The smallest absolute Gasteiger partial charge is 0.326 e. The molecule has 1 aromatic heterocycles. The fourth-order valence-corrected chi connectivity index (χ4v) is 1.57. The van der Waals surface area contributed by atoms with Crippen molar-refractivity contribution in [3.63, 3.8) is 0 Å². The van der Waals surface area contributed by atoms with Crippen LogP contribution in [-0.2, 0) is 23.1 Å². The second-order valence-electron chi connectivity index (χ2n) is 4.75. The van der Waals surface area contributed by atoms with Gasteiger partial charge in [0.1, 0.15) is 6.04 Å². The van der Waals surface area contributed by atoms with E-state index in [-0.39, 0.29) is 18.7 Å². The number of aliphatic carboxylic acids is 1. The van der Waals surface area contributed by atoms with Crippen molar-refractivity contribution in [2.75, 3.05) is 20.6 Å². The maximum absolute atomic E-state index is 11.6. The Balaban J connectivity index is 2.53. The van der Waals surface area contributed by atoms with Crippen LogP contribution in [0.15, 0.2) is 12.5 Å². The van der Waals surface area contributed by atoms with Crippen molar-refractivity contribution in [1.29, 1.82) is 0 Å². The topological polar surface area (TPSA) is 87.5 Å². The van der Waals surface area contributed by atoms with Gasteiger partial charge in [0.2, 0.25) is 5.91 Å². The predicted molar refractivity (Wildman–Crippen MR) is 69.6 cm³/mol. The van der Waals surface area contributed by atoms with Gasteiger partial charge in [-0.05, 0) is 14.1 Å². The molecule has 1 amide bonds. The molecule has 1 heterocycles. The van der Waals surface area contributed by atoms with Crippen LogP contribution in [0.1, 0.15) is 12.1 Å². The van der Waals surface area contributed by atoms with E-state index in [0.717, 1.165) is 0 Å².